The van der Waals surface area contributed by atoms with E-state index in [1.807, 2.05) is 19.0 Å². The topological polar surface area (TPSA) is 97.4 Å². The van der Waals surface area contributed by atoms with Gasteiger partial charge in [0.25, 0.3) is 0 Å². The number of carbonyl (C=O) groups is 3. The number of unbranched alkanes of at least 4 members (excludes halogenated alkanes) is 28. The number of ether oxygens (including phenoxy) is 3. The third-order valence-corrected chi connectivity index (χ3v) is 14.0. The van der Waals surface area contributed by atoms with Gasteiger partial charge in [0, 0.05) is 32.5 Å². The third-order valence-electron chi connectivity index (χ3n) is 14.0. The van der Waals surface area contributed by atoms with Gasteiger partial charge < -0.3 is 24.4 Å². The molecule has 0 rings (SSSR count). The van der Waals surface area contributed by atoms with Crippen LogP contribution < -0.4 is 5.32 Å². The molecule has 2 unspecified atom stereocenters. The van der Waals surface area contributed by atoms with Crippen LogP contribution in [0.1, 0.15) is 285 Å². The summed E-state index contributed by atoms with van der Waals surface area (Å²) in [6, 6.07) is 0. The summed E-state index contributed by atoms with van der Waals surface area (Å²) in [6.45, 7) is 14.4. The second kappa shape index (κ2) is 52.9. The molecule has 0 aromatic carbocycles. The highest BCUT2D eigenvalue weighted by Gasteiger charge is 2.15. The normalized spacial score (nSPS) is 12.5. The highest BCUT2D eigenvalue weighted by Crippen LogP contribution is 2.22. The number of likely N-dealkylation sites (N-methyl/N-ethyl adjacent to an activating group) is 1. The van der Waals surface area contributed by atoms with Crippen molar-refractivity contribution in [2.24, 2.45) is 11.8 Å². The largest absolute Gasteiger partial charge is 0.465 e. The number of alkyl carbamates (subject to hydrolysis) is 1. The van der Waals surface area contributed by atoms with E-state index in [0.29, 0.717) is 57.6 Å². The van der Waals surface area contributed by atoms with Crippen molar-refractivity contribution in [3.8, 4) is 0 Å². The maximum atomic E-state index is 12.9. The fourth-order valence-electron chi connectivity index (χ4n) is 9.35. The number of nitrogens with zero attached hydrogens (tertiary/aromatic N) is 2. The van der Waals surface area contributed by atoms with Crippen molar-refractivity contribution in [2.75, 3.05) is 66.6 Å². The number of rotatable bonds is 54. The molecule has 1 N–H and O–H groups in total. The first-order chi connectivity index (χ1) is 33.2. The van der Waals surface area contributed by atoms with Gasteiger partial charge in [0.15, 0.2) is 0 Å². The van der Waals surface area contributed by atoms with Crippen LogP contribution in [0.15, 0.2) is 0 Å². The molecule has 0 aliphatic heterocycles. The minimum absolute atomic E-state index is 0.0465. The summed E-state index contributed by atoms with van der Waals surface area (Å²) >= 11 is 0. The van der Waals surface area contributed by atoms with Crippen molar-refractivity contribution in [2.45, 2.75) is 285 Å². The van der Waals surface area contributed by atoms with Crippen LogP contribution in [-0.4, -0.2) is 94.5 Å². The van der Waals surface area contributed by atoms with E-state index in [4.69, 9.17) is 14.2 Å². The number of esters is 2. The highest BCUT2D eigenvalue weighted by molar-refractivity contribution is 5.69. The lowest BCUT2D eigenvalue weighted by Gasteiger charge is -2.22. The average Bonchev–Trinajstić information content (AvgIpc) is 3.32. The average molecular weight is 965 g/mol. The Hall–Kier alpha value is -1.87. The van der Waals surface area contributed by atoms with Crippen LogP contribution >= 0.6 is 0 Å². The molecule has 9 nitrogen and oxygen atoms in total. The lowest BCUT2D eigenvalue weighted by Crippen LogP contribution is -2.35. The predicted octanol–water partition coefficient (Wildman–Crippen LogP) is 16.6. The van der Waals surface area contributed by atoms with Crippen LogP contribution in [-0.2, 0) is 23.8 Å². The molecule has 9 heteroatoms. The molecule has 0 aromatic rings. The number of nitrogens with one attached hydrogen (secondary N) is 1. The van der Waals surface area contributed by atoms with E-state index in [9.17, 15) is 14.4 Å². The first-order valence-corrected chi connectivity index (χ1v) is 29.8. The van der Waals surface area contributed by atoms with Crippen LogP contribution in [0.3, 0.4) is 0 Å². The zero-order valence-electron chi connectivity index (χ0n) is 46.4. The van der Waals surface area contributed by atoms with Crippen molar-refractivity contribution in [1.29, 1.82) is 0 Å². The predicted molar refractivity (Wildman–Crippen MR) is 291 cm³/mol. The summed E-state index contributed by atoms with van der Waals surface area (Å²) in [5, 5.41) is 2.84. The highest BCUT2D eigenvalue weighted by atomic mass is 16.5. The van der Waals surface area contributed by atoms with E-state index in [1.54, 1.807) is 0 Å². The molecular weight excluding hydrogens is 847 g/mol. The number of carbonyl (C=O) groups excluding carboxylic acids is 3. The molecule has 68 heavy (non-hydrogen) atoms. The van der Waals surface area contributed by atoms with E-state index < -0.39 is 0 Å². The Labute approximate surface area is 423 Å². The van der Waals surface area contributed by atoms with Gasteiger partial charge in [-0.15, -0.1) is 0 Å². The number of amides is 1. The zero-order valence-corrected chi connectivity index (χ0v) is 46.4. The monoisotopic (exact) mass is 964 g/mol. The van der Waals surface area contributed by atoms with Gasteiger partial charge in [-0.05, 0) is 90.4 Å². The van der Waals surface area contributed by atoms with Crippen LogP contribution in [0.4, 0.5) is 4.79 Å². The maximum absolute atomic E-state index is 12.9. The number of hydrogen-bond donors (Lipinski definition) is 1. The lowest BCUT2D eigenvalue weighted by molar-refractivity contribution is -0.146. The second-order valence-corrected chi connectivity index (χ2v) is 21.1. The summed E-state index contributed by atoms with van der Waals surface area (Å²) < 4.78 is 17.4. The molecule has 0 saturated carbocycles. The Morgan fingerprint density at radius 1 is 0.382 bits per heavy atom. The smallest absolute Gasteiger partial charge is 0.407 e. The molecule has 0 saturated heterocycles. The Morgan fingerprint density at radius 2 is 0.706 bits per heavy atom. The summed E-state index contributed by atoms with van der Waals surface area (Å²) in [7, 11) is 3.96. The Bertz CT molecular complexity index is 1010. The van der Waals surface area contributed by atoms with Crippen LogP contribution in [0, 0.1) is 11.8 Å². The first-order valence-electron chi connectivity index (χ1n) is 29.8. The van der Waals surface area contributed by atoms with Crippen LogP contribution in [0.5, 0.6) is 0 Å². The second-order valence-electron chi connectivity index (χ2n) is 21.1. The third kappa shape index (κ3) is 49.1. The molecule has 0 spiro atoms. The molecule has 0 heterocycles. The van der Waals surface area contributed by atoms with Crippen LogP contribution in [0.25, 0.3) is 0 Å². The molecular formula is C59H117N3O6. The van der Waals surface area contributed by atoms with Crippen LogP contribution in [0.2, 0.25) is 0 Å². The SMILES string of the molecule is CCCCCCCCCCC(CCCCCCCC)COC(=O)CCCCCN(CCCCCC(=O)OCC(CCCCCCCC)CCCCCCCCCC)CCOC(=O)NCCN(C)C. The fourth-order valence-corrected chi connectivity index (χ4v) is 9.35. The molecule has 2 atom stereocenters. The molecule has 0 aliphatic rings. The summed E-state index contributed by atoms with van der Waals surface area (Å²) in [5.41, 5.74) is 0. The van der Waals surface area contributed by atoms with Gasteiger partial charge in [-0.1, -0.05) is 220 Å². The molecule has 0 aromatic heterocycles. The van der Waals surface area contributed by atoms with E-state index in [-0.39, 0.29) is 18.0 Å². The molecule has 0 bridgehead atoms. The molecule has 0 aliphatic carbocycles. The maximum Gasteiger partial charge on any atom is 0.407 e. The van der Waals surface area contributed by atoms with Crippen molar-refractivity contribution in [3.05, 3.63) is 0 Å². The van der Waals surface area contributed by atoms with E-state index in [0.717, 1.165) is 58.2 Å². The molecule has 0 fully saturated rings. The molecule has 1 amide bonds. The Balaban J connectivity index is 4.85. The van der Waals surface area contributed by atoms with E-state index in [2.05, 4.69) is 37.9 Å². The van der Waals surface area contributed by atoms with Gasteiger partial charge in [0.2, 0.25) is 0 Å². The molecule has 0 radical (unpaired) electrons. The Kier molecular flexibility index (Phi) is 51.5. The standard InChI is InChI=1S/C59H117N3O6/c1-7-11-15-19-23-25-29-35-43-55(41-33-27-21-17-13-9-3)53-67-57(63)45-37-31-39-48-62(51-52-66-59(65)60-47-50-61(5)6)49-40-32-38-46-58(64)68-54-56(42-34-28-22-18-14-10-4)44-36-30-26-24-20-16-12-8-2/h55-56H,7-54H2,1-6H3,(H,60,65). The zero-order chi connectivity index (χ0) is 49.8. The van der Waals surface area contributed by atoms with E-state index >= 15 is 0 Å². The van der Waals surface area contributed by atoms with Crippen molar-refractivity contribution in [1.82, 2.24) is 15.1 Å². The minimum Gasteiger partial charge on any atom is -0.465 e. The molecule has 404 valence electrons. The van der Waals surface area contributed by atoms with Gasteiger partial charge in [-0.2, -0.15) is 0 Å². The lowest BCUT2D eigenvalue weighted by atomic mass is 9.94. The van der Waals surface area contributed by atoms with Gasteiger partial charge in [-0.3, -0.25) is 14.5 Å². The van der Waals surface area contributed by atoms with Crippen molar-refractivity contribution >= 4 is 18.0 Å². The van der Waals surface area contributed by atoms with Gasteiger partial charge in [-0.25, -0.2) is 4.79 Å². The summed E-state index contributed by atoms with van der Waals surface area (Å²) in [5.74, 6) is 0.885. The van der Waals surface area contributed by atoms with Gasteiger partial charge in [0.1, 0.15) is 6.61 Å². The number of hydrogen-bond acceptors (Lipinski definition) is 8. The van der Waals surface area contributed by atoms with Crippen molar-refractivity contribution in [3.63, 3.8) is 0 Å². The van der Waals surface area contributed by atoms with Gasteiger partial charge >= 0.3 is 18.0 Å². The van der Waals surface area contributed by atoms with E-state index in [1.165, 1.54) is 205 Å². The first kappa shape index (κ1) is 66.1. The van der Waals surface area contributed by atoms with Crippen molar-refractivity contribution < 1.29 is 28.6 Å². The van der Waals surface area contributed by atoms with Gasteiger partial charge in [0.05, 0.1) is 13.2 Å². The Morgan fingerprint density at radius 3 is 1.04 bits per heavy atom. The fraction of sp³-hybridized carbons (Fsp3) is 0.949. The summed E-state index contributed by atoms with van der Waals surface area (Å²) in [6.07, 6.45) is 47.8. The quantitative estimate of drug-likeness (QED) is 0.0366. The minimum atomic E-state index is -0.372. The summed E-state index contributed by atoms with van der Waals surface area (Å²) in [4.78, 5) is 42.5.